The maximum atomic E-state index is 6.50. The average molecular weight is 720 g/mol. The molecule has 0 unspecified atom stereocenters. The SMILES string of the molecule is c1ccc(-c2cccc(-c3nc(-c4ccccc4)nc(-c4cccc5oc6ccc(-c7nc(-c8ccccc8)nc8c7oc7ccccc78)cc6c45)n3)c2)cc1. The van der Waals surface area contributed by atoms with Crippen LogP contribution in [0.15, 0.2) is 185 Å². The molecule has 56 heavy (non-hydrogen) atoms. The molecular formula is C49H29N5O2. The van der Waals surface area contributed by atoms with Crippen LogP contribution in [0.25, 0.3) is 112 Å². The lowest BCUT2D eigenvalue weighted by molar-refractivity contribution is 0.666. The van der Waals surface area contributed by atoms with Crippen LogP contribution in [0.5, 0.6) is 0 Å². The van der Waals surface area contributed by atoms with E-state index in [4.69, 9.17) is 33.8 Å². The molecule has 0 aliphatic carbocycles. The van der Waals surface area contributed by atoms with E-state index >= 15 is 0 Å². The number of hydrogen-bond donors (Lipinski definition) is 0. The van der Waals surface area contributed by atoms with E-state index in [1.807, 2.05) is 146 Å². The van der Waals surface area contributed by atoms with Gasteiger partial charge in [0.25, 0.3) is 0 Å². The molecule has 0 saturated heterocycles. The first-order valence-electron chi connectivity index (χ1n) is 18.4. The summed E-state index contributed by atoms with van der Waals surface area (Å²) in [4.78, 5) is 25.5. The third-order valence-electron chi connectivity index (χ3n) is 10.2. The van der Waals surface area contributed by atoms with Crippen LogP contribution in [0.3, 0.4) is 0 Å². The van der Waals surface area contributed by atoms with Crippen LogP contribution < -0.4 is 0 Å². The summed E-state index contributed by atoms with van der Waals surface area (Å²) in [7, 11) is 0. The number of rotatable bonds is 6. The molecule has 4 aromatic heterocycles. The quantitative estimate of drug-likeness (QED) is 0.169. The van der Waals surface area contributed by atoms with Gasteiger partial charge >= 0.3 is 0 Å². The standard InChI is InChI=1S/C49H29N5O2/c1-4-14-30(15-5-1)33-20-12-21-35(28-33)48-52-47(32-18-8-3-9-19-32)53-49(54-48)37-23-13-25-41-42(37)38-29-34(26-27-40(38)55-41)43-45-44(36-22-10-11-24-39(36)56-45)51-46(50-43)31-16-6-2-7-17-31/h1-29H. The molecule has 7 aromatic carbocycles. The molecule has 0 aliphatic rings. The van der Waals surface area contributed by atoms with Crippen molar-refractivity contribution in [3.63, 3.8) is 0 Å². The Bertz CT molecular complexity index is 3250. The Morgan fingerprint density at radius 1 is 0.321 bits per heavy atom. The molecule has 0 radical (unpaired) electrons. The highest BCUT2D eigenvalue weighted by molar-refractivity contribution is 6.14. The van der Waals surface area contributed by atoms with Crippen LogP contribution >= 0.6 is 0 Å². The summed E-state index contributed by atoms with van der Waals surface area (Å²) < 4.78 is 13.0. The Labute approximate surface area is 320 Å². The second-order valence-corrected chi connectivity index (χ2v) is 13.6. The van der Waals surface area contributed by atoms with Crippen LogP contribution in [0.2, 0.25) is 0 Å². The molecule has 7 heteroatoms. The van der Waals surface area contributed by atoms with Gasteiger partial charge in [0.05, 0.1) is 0 Å². The Morgan fingerprint density at radius 3 is 1.66 bits per heavy atom. The fourth-order valence-corrected chi connectivity index (χ4v) is 7.47. The van der Waals surface area contributed by atoms with E-state index in [2.05, 4.69) is 30.3 Å². The fourth-order valence-electron chi connectivity index (χ4n) is 7.47. The first-order valence-corrected chi connectivity index (χ1v) is 18.4. The number of furan rings is 2. The third-order valence-corrected chi connectivity index (χ3v) is 10.2. The van der Waals surface area contributed by atoms with Crippen molar-refractivity contribution >= 4 is 44.0 Å². The number of aromatic nitrogens is 5. The average Bonchev–Trinajstić information content (AvgIpc) is 3.85. The Balaban J connectivity index is 1.13. The van der Waals surface area contributed by atoms with E-state index in [1.165, 1.54) is 0 Å². The van der Waals surface area contributed by atoms with Gasteiger partial charge in [0.15, 0.2) is 28.9 Å². The Morgan fingerprint density at radius 2 is 0.893 bits per heavy atom. The zero-order valence-electron chi connectivity index (χ0n) is 29.8. The second-order valence-electron chi connectivity index (χ2n) is 13.6. The second kappa shape index (κ2) is 13.0. The molecular weight excluding hydrogens is 691 g/mol. The van der Waals surface area contributed by atoms with Gasteiger partial charge in [-0.25, -0.2) is 24.9 Å². The summed E-state index contributed by atoms with van der Waals surface area (Å²) in [6, 6.07) is 58.9. The van der Waals surface area contributed by atoms with E-state index in [9.17, 15) is 0 Å². The summed E-state index contributed by atoms with van der Waals surface area (Å²) in [5.41, 5.74) is 11.0. The lowest BCUT2D eigenvalue weighted by Crippen LogP contribution is -2.00. The Kier molecular flexibility index (Phi) is 7.35. The van der Waals surface area contributed by atoms with Crippen molar-refractivity contribution in [1.29, 1.82) is 0 Å². The van der Waals surface area contributed by atoms with Crippen molar-refractivity contribution in [3.8, 4) is 67.9 Å². The van der Waals surface area contributed by atoms with Crippen molar-refractivity contribution in [3.05, 3.63) is 176 Å². The molecule has 262 valence electrons. The predicted molar refractivity (Wildman–Crippen MR) is 223 cm³/mol. The van der Waals surface area contributed by atoms with E-state index in [-0.39, 0.29) is 0 Å². The van der Waals surface area contributed by atoms with Gasteiger partial charge in [0.2, 0.25) is 0 Å². The first kappa shape index (κ1) is 31.7. The van der Waals surface area contributed by atoms with Crippen LogP contribution in [-0.4, -0.2) is 24.9 Å². The van der Waals surface area contributed by atoms with E-state index < -0.39 is 0 Å². The van der Waals surface area contributed by atoms with Crippen molar-refractivity contribution in [2.75, 3.05) is 0 Å². The van der Waals surface area contributed by atoms with Gasteiger partial charge in [-0.3, -0.25) is 0 Å². The number of fused-ring (bicyclic) bond motifs is 6. The monoisotopic (exact) mass is 719 g/mol. The highest BCUT2D eigenvalue weighted by Crippen LogP contribution is 2.41. The lowest BCUT2D eigenvalue weighted by atomic mass is 10.0. The molecule has 0 atom stereocenters. The molecule has 0 aliphatic heterocycles. The largest absolute Gasteiger partial charge is 0.456 e. The van der Waals surface area contributed by atoms with Crippen LogP contribution in [0, 0.1) is 0 Å². The maximum Gasteiger partial charge on any atom is 0.180 e. The van der Waals surface area contributed by atoms with Crippen molar-refractivity contribution in [2.45, 2.75) is 0 Å². The van der Waals surface area contributed by atoms with Crippen molar-refractivity contribution in [2.24, 2.45) is 0 Å². The van der Waals surface area contributed by atoms with Crippen LogP contribution in [0.1, 0.15) is 0 Å². The minimum atomic E-state index is 0.547. The predicted octanol–water partition coefficient (Wildman–Crippen LogP) is 12.5. The molecule has 11 aromatic rings. The normalized spacial score (nSPS) is 11.6. The van der Waals surface area contributed by atoms with Gasteiger partial charge in [-0.05, 0) is 53.6 Å². The zero-order valence-corrected chi connectivity index (χ0v) is 29.8. The minimum Gasteiger partial charge on any atom is -0.456 e. The molecule has 7 nitrogen and oxygen atoms in total. The fraction of sp³-hybridized carbons (Fsp3) is 0. The van der Waals surface area contributed by atoms with E-state index in [0.717, 1.165) is 77.4 Å². The van der Waals surface area contributed by atoms with Crippen molar-refractivity contribution in [1.82, 2.24) is 24.9 Å². The zero-order chi connectivity index (χ0) is 37.0. The third kappa shape index (κ3) is 5.41. The molecule has 4 heterocycles. The maximum absolute atomic E-state index is 6.50. The smallest absolute Gasteiger partial charge is 0.180 e. The lowest BCUT2D eigenvalue weighted by Gasteiger charge is -2.10. The van der Waals surface area contributed by atoms with Crippen molar-refractivity contribution < 1.29 is 8.83 Å². The molecule has 0 N–H and O–H groups in total. The number of benzene rings is 7. The van der Waals surface area contributed by atoms with Gasteiger partial charge < -0.3 is 8.83 Å². The van der Waals surface area contributed by atoms with E-state index in [1.54, 1.807) is 0 Å². The van der Waals surface area contributed by atoms with E-state index in [0.29, 0.717) is 34.6 Å². The number of nitrogens with zero attached hydrogens (tertiary/aromatic N) is 5. The number of para-hydroxylation sites is 1. The molecule has 0 bridgehead atoms. The van der Waals surface area contributed by atoms with Gasteiger partial charge in [0, 0.05) is 44.0 Å². The molecule has 0 fully saturated rings. The summed E-state index contributed by atoms with van der Waals surface area (Å²) in [6.07, 6.45) is 0. The van der Waals surface area contributed by atoms with Gasteiger partial charge in [0.1, 0.15) is 28.0 Å². The molecule has 0 spiro atoms. The molecule has 0 saturated carbocycles. The highest BCUT2D eigenvalue weighted by Gasteiger charge is 2.22. The first-order chi connectivity index (χ1) is 27.7. The van der Waals surface area contributed by atoms with Crippen LogP contribution in [0.4, 0.5) is 0 Å². The van der Waals surface area contributed by atoms with Gasteiger partial charge in [-0.15, -0.1) is 0 Å². The highest BCUT2D eigenvalue weighted by atomic mass is 16.3. The molecule has 0 amide bonds. The Hall–Kier alpha value is -7.77. The molecule has 11 rings (SSSR count). The number of hydrogen-bond acceptors (Lipinski definition) is 7. The van der Waals surface area contributed by atoms with Gasteiger partial charge in [-0.1, -0.05) is 133 Å². The summed E-state index contributed by atoms with van der Waals surface area (Å²) in [5.74, 6) is 2.34. The summed E-state index contributed by atoms with van der Waals surface area (Å²) in [6.45, 7) is 0. The summed E-state index contributed by atoms with van der Waals surface area (Å²) in [5, 5.41) is 2.75. The van der Waals surface area contributed by atoms with Gasteiger partial charge in [-0.2, -0.15) is 0 Å². The topological polar surface area (TPSA) is 90.7 Å². The minimum absolute atomic E-state index is 0.547. The summed E-state index contributed by atoms with van der Waals surface area (Å²) >= 11 is 0. The van der Waals surface area contributed by atoms with Crippen LogP contribution in [-0.2, 0) is 0 Å².